The van der Waals surface area contributed by atoms with Crippen LogP contribution in [0.25, 0.3) is 0 Å². The summed E-state index contributed by atoms with van der Waals surface area (Å²) in [7, 11) is 0. The monoisotopic (exact) mass is 592 g/mol. The topological polar surface area (TPSA) is 43.4 Å². The third-order valence-corrected chi connectivity index (χ3v) is 13.8. The standard InChI is InChI=1S/C35H36F3O3P/c1-26(20-21-31-27(2)32(39)22-24-34(31,3)4)23-25-42(28-14-8-5-9-15-28,29-16-10-6-11-17-29,30-18-12-7-13-19-30)41-33(40)35(36,37)38/h5-21,23H,22,24-25H2,1-4H3. The van der Waals surface area contributed by atoms with Crippen LogP contribution < -0.4 is 15.9 Å². The molecule has 0 unspecified atom stereocenters. The second-order valence-corrected chi connectivity index (χ2v) is 15.9. The molecule has 42 heavy (non-hydrogen) atoms. The quantitative estimate of drug-likeness (QED) is 0.199. The predicted octanol–water partition coefficient (Wildman–Crippen LogP) is 7.74. The van der Waals surface area contributed by atoms with Crippen molar-refractivity contribution in [3.8, 4) is 0 Å². The van der Waals surface area contributed by atoms with Crippen LogP contribution in [0.3, 0.4) is 0 Å². The maximum atomic E-state index is 14.1. The molecule has 0 fully saturated rings. The van der Waals surface area contributed by atoms with Gasteiger partial charge in [0.1, 0.15) is 0 Å². The Bertz CT molecular complexity index is 1440. The molecule has 3 nitrogen and oxygen atoms in total. The Labute approximate surface area is 245 Å². The number of carbonyl (C=O) groups excluding carboxylic acids is 2. The Balaban J connectivity index is 2.00. The molecule has 0 amide bonds. The number of Topliss-reactive ketones (excluding diaryl/α,β-unsaturated/α-hetero) is 1. The summed E-state index contributed by atoms with van der Waals surface area (Å²) in [5, 5.41) is 1.51. The molecular formula is C35H36F3O3P. The van der Waals surface area contributed by atoms with Gasteiger partial charge in [0.25, 0.3) is 0 Å². The summed E-state index contributed by atoms with van der Waals surface area (Å²) in [5.74, 6) is -2.11. The van der Waals surface area contributed by atoms with E-state index >= 15 is 0 Å². The number of hydrogen-bond donors (Lipinski definition) is 0. The van der Waals surface area contributed by atoms with Gasteiger partial charge < -0.3 is 0 Å². The zero-order valence-corrected chi connectivity index (χ0v) is 25.2. The molecule has 0 radical (unpaired) electrons. The third kappa shape index (κ3) is 5.78. The van der Waals surface area contributed by atoms with E-state index in [9.17, 15) is 22.8 Å². The van der Waals surface area contributed by atoms with Crippen molar-refractivity contribution >= 4 is 34.5 Å². The van der Waals surface area contributed by atoms with Crippen LogP contribution in [0, 0.1) is 5.41 Å². The first-order chi connectivity index (χ1) is 19.8. The summed E-state index contributed by atoms with van der Waals surface area (Å²) in [5.41, 5.74) is 2.26. The summed E-state index contributed by atoms with van der Waals surface area (Å²) in [6.45, 7) is 3.30. The zero-order chi connectivity index (χ0) is 30.6. The molecule has 220 valence electrons. The molecule has 3 aromatic rings. The molecule has 0 bridgehead atoms. The van der Waals surface area contributed by atoms with E-state index in [-0.39, 0.29) is 17.4 Å². The molecule has 4 rings (SSSR count). The number of hydrogen-bond acceptors (Lipinski definition) is 3. The second kappa shape index (κ2) is 11.9. The molecule has 0 atom stereocenters. The van der Waals surface area contributed by atoms with E-state index in [4.69, 9.17) is 4.52 Å². The van der Waals surface area contributed by atoms with Gasteiger partial charge in [-0.2, -0.15) is 0 Å². The number of halogens is 3. The average molecular weight is 593 g/mol. The van der Waals surface area contributed by atoms with Crippen LogP contribution in [-0.4, -0.2) is 24.1 Å². The van der Waals surface area contributed by atoms with E-state index in [0.717, 1.165) is 23.1 Å². The molecular weight excluding hydrogens is 556 g/mol. The molecule has 7 heteroatoms. The van der Waals surface area contributed by atoms with Gasteiger partial charge >= 0.3 is 246 Å². The molecule has 0 saturated carbocycles. The minimum absolute atomic E-state index is 0.00197. The Morgan fingerprint density at radius 2 is 1.33 bits per heavy atom. The van der Waals surface area contributed by atoms with Gasteiger partial charge in [0.05, 0.1) is 0 Å². The summed E-state index contributed by atoms with van der Waals surface area (Å²) in [6, 6.07) is 26.3. The molecule has 0 saturated heterocycles. The van der Waals surface area contributed by atoms with Crippen LogP contribution >= 0.6 is 6.83 Å². The molecule has 0 spiro atoms. The van der Waals surface area contributed by atoms with Crippen molar-refractivity contribution in [1.82, 2.24) is 0 Å². The Morgan fingerprint density at radius 1 is 0.881 bits per heavy atom. The van der Waals surface area contributed by atoms with Gasteiger partial charge in [0, 0.05) is 0 Å². The molecule has 3 aromatic carbocycles. The maximum absolute atomic E-state index is 14.1. The van der Waals surface area contributed by atoms with Gasteiger partial charge in [0.15, 0.2) is 0 Å². The number of alkyl halides is 3. The van der Waals surface area contributed by atoms with Crippen LogP contribution in [0.2, 0.25) is 0 Å². The molecule has 0 aromatic heterocycles. The summed E-state index contributed by atoms with van der Waals surface area (Å²) in [6.07, 6.45) is 1.71. The normalized spacial score (nSPS) is 17.2. The predicted molar refractivity (Wildman–Crippen MR) is 166 cm³/mol. The van der Waals surface area contributed by atoms with E-state index in [1.54, 1.807) is 91.0 Å². The first kappa shape index (κ1) is 31.2. The van der Waals surface area contributed by atoms with Crippen LogP contribution in [0.1, 0.15) is 40.5 Å². The fourth-order valence-electron chi connectivity index (χ4n) is 5.78. The van der Waals surface area contributed by atoms with Crippen molar-refractivity contribution < 1.29 is 27.3 Å². The molecule has 0 heterocycles. The van der Waals surface area contributed by atoms with Crippen LogP contribution in [0.5, 0.6) is 0 Å². The van der Waals surface area contributed by atoms with Gasteiger partial charge in [-0.15, -0.1) is 0 Å². The van der Waals surface area contributed by atoms with Crippen molar-refractivity contribution in [3.63, 3.8) is 0 Å². The SMILES string of the molecule is CC(C=CC1=C(C)C(=O)CCC1(C)C)=CCP(OC(=O)C(F)(F)F)(c1ccccc1)(c1ccccc1)c1ccccc1. The van der Waals surface area contributed by atoms with Crippen LogP contribution in [0.15, 0.2) is 126 Å². The summed E-state index contributed by atoms with van der Waals surface area (Å²) in [4.78, 5) is 25.4. The number of carbonyl (C=O) groups is 2. The summed E-state index contributed by atoms with van der Waals surface area (Å²) >= 11 is 0. The van der Waals surface area contributed by atoms with E-state index in [2.05, 4.69) is 13.8 Å². The summed E-state index contributed by atoms with van der Waals surface area (Å²) < 4.78 is 48.2. The minimum atomic E-state index is -5.21. The Morgan fingerprint density at radius 3 is 1.76 bits per heavy atom. The first-order valence-electron chi connectivity index (χ1n) is 13.9. The molecule has 1 aliphatic carbocycles. The fourth-order valence-corrected chi connectivity index (χ4v) is 11.2. The van der Waals surface area contributed by atoms with Gasteiger partial charge in [-0.25, -0.2) is 0 Å². The number of benzene rings is 3. The van der Waals surface area contributed by atoms with Crippen molar-refractivity contribution in [2.45, 2.75) is 46.7 Å². The number of rotatable bonds is 8. The molecule has 0 aliphatic heterocycles. The van der Waals surface area contributed by atoms with Crippen molar-refractivity contribution in [1.29, 1.82) is 0 Å². The Kier molecular flexibility index (Phi) is 8.80. The van der Waals surface area contributed by atoms with Crippen LogP contribution in [0.4, 0.5) is 13.2 Å². The van der Waals surface area contributed by atoms with Gasteiger partial charge in [-0.05, 0) is 0 Å². The van der Waals surface area contributed by atoms with E-state index in [1.807, 2.05) is 32.1 Å². The average Bonchev–Trinajstić information content (AvgIpc) is 2.98. The fraction of sp³-hybridized carbons (Fsp3) is 0.257. The Hall–Kier alpha value is -3.76. The van der Waals surface area contributed by atoms with Crippen molar-refractivity contribution in [2.75, 3.05) is 6.16 Å². The number of allylic oxidation sites excluding steroid dienone is 6. The van der Waals surface area contributed by atoms with Gasteiger partial charge in [-0.1, -0.05) is 0 Å². The van der Waals surface area contributed by atoms with E-state index in [0.29, 0.717) is 22.3 Å². The van der Waals surface area contributed by atoms with Gasteiger partial charge in [-0.3, -0.25) is 0 Å². The van der Waals surface area contributed by atoms with E-state index < -0.39 is 19.0 Å². The first-order valence-corrected chi connectivity index (χ1v) is 16.2. The third-order valence-electron chi connectivity index (χ3n) is 8.23. The number of ketones is 1. The van der Waals surface area contributed by atoms with Crippen LogP contribution in [-0.2, 0) is 14.1 Å². The van der Waals surface area contributed by atoms with Crippen molar-refractivity contribution in [2.24, 2.45) is 5.41 Å². The van der Waals surface area contributed by atoms with Gasteiger partial charge in [0.2, 0.25) is 0 Å². The molecule has 1 aliphatic rings. The second-order valence-electron chi connectivity index (χ2n) is 11.4. The van der Waals surface area contributed by atoms with Crippen molar-refractivity contribution in [3.05, 3.63) is 126 Å². The molecule has 0 N–H and O–H groups in total. The van der Waals surface area contributed by atoms with E-state index in [1.165, 1.54) is 0 Å². The zero-order valence-electron chi connectivity index (χ0n) is 24.3.